The highest BCUT2D eigenvalue weighted by molar-refractivity contribution is 7.92. The first-order chi connectivity index (χ1) is 12.8. The van der Waals surface area contributed by atoms with Crippen LogP contribution in [-0.2, 0) is 10.0 Å². The number of nitrogens with one attached hydrogen (secondary N) is 2. The monoisotopic (exact) mass is 390 g/mol. The summed E-state index contributed by atoms with van der Waals surface area (Å²) in [5.41, 5.74) is 0.553. The van der Waals surface area contributed by atoms with E-state index < -0.39 is 15.8 Å². The molecule has 0 aliphatic heterocycles. The van der Waals surface area contributed by atoms with Crippen molar-refractivity contribution in [3.05, 3.63) is 59.9 Å². The van der Waals surface area contributed by atoms with Gasteiger partial charge in [-0.25, -0.2) is 12.8 Å². The van der Waals surface area contributed by atoms with Crippen molar-refractivity contribution in [1.29, 1.82) is 0 Å². The van der Waals surface area contributed by atoms with Crippen LogP contribution in [0.15, 0.2) is 53.4 Å². The molecule has 7 heteroatoms. The van der Waals surface area contributed by atoms with Gasteiger partial charge in [-0.1, -0.05) is 25.8 Å². The van der Waals surface area contributed by atoms with E-state index in [4.69, 9.17) is 0 Å². The SMILES string of the molecule is CC1CCCC(NC(=O)c2cccc(S(=O)(=O)Nc3ccc(F)cc3)c2)C1. The summed E-state index contributed by atoms with van der Waals surface area (Å²) in [5, 5.41) is 3.00. The van der Waals surface area contributed by atoms with Crippen LogP contribution in [0, 0.1) is 11.7 Å². The maximum absolute atomic E-state index is 13.0. The third-order valence-electron chi connectivity index (χ3n) is 4.77. The first-order valence-electron chi connectivity index (χ1n) is 9.03. The van der Waals surface area contributed by atoms with E-state index in [9.17, 15) is 17.6 Å². The lowest BCUT2D eigenvalue weighted by Crippen LogP contribution is -2.38. The molecule has 1 aliphatic rings. The number of hydrogen-bond acceptors (Lipinski definition) is 3. The summed E-state index contributed by atoms with van der Waals surface area (Å²) in [6.07, 6.45) is 4.15. The predicted octanol–water partition coefficient (Wildman–Crippen LogP) is 3.94. The van der Waals surface area contributed by atoms with E-state index in [1.54, 1.807) is 6.07 Å². The Morgan fingerprint density at radius 3 is 2.56 bits per heavy atom. The van der Waals surface area contributed by atoms with Crippen molar-refractivity contribution in [3.8, 4) is 0 Å². The molecule has 2 N–H and O–H groups in total. The third-order valence-corrected chi connectivity index (χ3v) is 6.15. The second-order valence-electron chi connectivity index (χ2n) is 7.08. The lowest BCUT2D eigenvalue weighted by Gasteiger charge is -2.27. The van der Waals surface area contributed by atoms with E-state index in [2.05, 4.69) is 17.0 Å². The molecule has 0 heterocycles. The molecule has 0 spiro atoms. The standard InChI is InChI=1S/C20H23FN2O3S/c1-14-4-2-6-18(12-14)22-20(24)15-5-3-7-19(13-15)27(25,26)23-17-10-8-16(21)9-11-17/h3,5,7-11,13-14,18,23H,2,4,6,12H2,1H3,(H,22,24). The number of carbonyl (C=O) groups is 1. The highest BCUT2D eigenvalue weighted by Gasteiger charge is 2.22. The molecule has 2 aromatic rings. The topological polar surface area (TPSA) is 75.3 Å². The number of halogens is 1. The minimum atomic E-state index is -3.88. The Bertz CT molecular complexity index is 913. The van der Waals surface area contributed by atoms with Crippen molar-refractivity contribution < 1.29 is 17.6 Å². The number of anilines is 1. The lowest BCUT2D eigenvalue weighted by atomic mass is 9.87. The number of hydrogen-bond donors (Lipinski definition) is 2. The van der Waals surface area contributed by atoms with E-state index in [1.165, 1.54) is 48.9 Å². The van der Waals surface area contributed by atoms with Gasteiger partial charge >= 0.3 is 0 Å². The zero-order chi connectivity index (χ0) is 19.4. The number of sulfonamides is 1. The zero-order valence-electron chi connectivity index (χ0n) is 15.1. The van der Waals surface area contributed by atoms with Crippen LogP contribution >= 0.6 is 0 Å². The van der Waals surface area contributed by atoms with Crippen LogP contribution < -0.4 is 10.0 Å². The van der Waals surface area contributed by atoms with Gasteiger partial charge in [0.2, 0.25) is 0 Å². The highest BCUT2D eigenvalue weighted by atomic mass is 32.2. The Morgan fingerprint density at radius 1 is 1.11 bits per heavy atom. The van der Waals surface area contributed by atoms with Gasteiger partial charge in [-0.05, 0) is 61.2 Å². The molecule has 5 nitrogen and oxygen atoms in total. The van der Waals surface area contributed by atoms with Crippen molar-refractivity contribution in [2.75, 3.05) is 4.72 Å². The van der Waals surface area contributed by atoms with Gasteiger partial charge in [-0.2, -0.15) is 0 Å². The van der Waals surface area contributed by atoms with E-state index in [-0.39, 0.29) is 22.5 Å². The molecule has 1 amide bonds. The molecule has 3 rings (SSSR count). The van der Waals surface area contributed by atoms with Crippen LogP contribution in [0.25, 0.3) is 0 Å². The molecular formula is C20H23FN2O3S. The van der Waals surface area contributed by atoms with Crippen LogP contribution in [0.1, 0.15) is 43.0 Å². The van der Waals surface area contributed by atoms with Crippen LogP contribution in [0.4, 0.5) is 10.1 Å². The number of benzene rings is 2. The quantitative estimate of drug-likeness (QED) is 0.812. The molecule has 1 aliphatic carbocycles. The summed E-state index contributed by atoms with van der Waals surface area (Å²) in [5.74, 6) is -0.141. The Kier molecular flexibility index (Phi) is 5.79. The second-order valence-corrected chi connectivity index (χ2v) is 8.76. The molecule has 27 heavy (non-hydrogen) atoms. The van der Waals surface area contributed by atoms with Gasteiger partial charge in [0.05, 0.1) is 4.90 Å². The molecule has 2 aromatic carbocycles. The summed E-state index contributed by atoms with van der Waals surface area (Å²) in [7, 11) is -3.88. The first-order valence-corrected chi connectivity index (χ1v) is 10.5. The maximum atomic E-state index is 13.0. The summed E-state index contributed by atoms with van der Waals surface area (Å²) in [6, 6.07) is 11.1. The zero-order valence-corrected chi connectivity index (χ0v) is 15.9. The molecular weight excluding hydrogens is 367 g/mol. The van der Waals surface area contributed by atoms with Crippen molar-refractivity contribution in [2.24, 2.45) is 5.92 Å². The summed E-state index contributed by atoms with van der Waals surface area (Å²) in [4.78, 5) is 12.5. The van der Waals surface area contributed by atoms with Crippen molar-refractivity contribution >= 4 is 21.6 Å². The van der Waals surface area contributed by atoms with Gasteiger partial charge in [0, 0.05) is 17.3 Å². The Balaban J connectivity index is 1.73. The van der Waals surface area contributed by atoms with Crippen molar-refractivity contribution in [1.82, 2.24) is 5.32 Å². The molecule has 2 unspecified atom stereocenters. The summed E-state index contributed by atoms with van der Waals surface area (Å²) >= 11 is 0. The van der Waals surface area contributed by atoms with Crippen LogP contribution in [0.2, 0.25) is 0 Å². The normalized spacial score (nSPS) is 20.1. The number of carbonyl (C=O) groups excluding carboxylic acids is 1. The maximum Gasteiger partial charge on any atom is 0.261 e. The molecule has 2 atom stereocenters. The summed E-state index contributed by atoms with van der Waals surface area (Å²) < 4.78 is 40.5. The van der Waals surface area contributed by atoms with Crippen molar-refractivity contribution in [2.45, 2.75) is 43.5 Å². The molecule has 0 bridgehead atoms. The lowest BCUT2D eigenvalue weighted by molar-refractivity contribution is 0.0921. The van der Waals surface area contributed by atoms with Crippen LogP contribution in [-0.4, -0.2) is 20.4 Å². The number of rotatable bonds is 5. The van der Waals surface area contributed by atoms with Crippen LogP contribution in [0.5, 0.6) is 0 Å². The van der Waals surface area contributed by atoms with Gasteiger partial charge in [-0.3, -0.25) is 9.52 Å². The van der Waals surface area contributed by atoms with E-state index in [0.29, 0.717) is 11.5 Å². The van der Waals surface area contributed by atoms with Gasteiger partial charge < -0.3 is 5.32 Å². The Morgan fingerprint density at radius 2 is 1.85 bits per heavy atom. The average molecular weight is 390 g/mol. The third kappa shape index (κ3) is 5.07. The van der Waals surface area contributed by atoms with Gasteiger partial charge in [-0.15, -0.1) is 0 Å². The Hall–Kier alpha value is -2.41. The van der Waals surface area contributed by atoms with E-state index in [0.717, 1.165) is 19.3 Å². The Labute approximate surface area is 159 Å². The fraction of sp³-hybridized carbons (Fsp3) is 0.350. The molecule has 0 saturated heterocycles. The largest absolute Gasteiger partial charge is 0.349 e. The van der Waals surface area contributed by atoms with E-state index >= 15 is 0 Å². The minimum Gasteiger partial charge on any atom is -0.349 e. The van der Waals surface area contributed by atoms with Gasteiger partial charge in [0.15, 0.2) is 0 Å². The molecule has 144 valence electrons. The summed E-state index contributed by atoms with van der Waals surface area (Å²) in [6.45, 7) is 2.17. The number of amides is 1. The van der Waals surface area contributed by atoms with Crippen LogP contribution in [0.3, 0.4) is 0 Å². The fourth-order valence-corrected chi connectivity index (χ4v) is 4.47. The van der Waals surface area contributed by atoms with Gasteiger partial charge in [0.25, 0.3) is 15.9 Å². The molecule has 1 saturated carbocycles. The van der Waals surface area contributed by atoms with Gasteiger partial charge in [0.1, 0.15) is 5.82 Å². The average Bonchev–Trinajstić information content (AvgIpc) is 2.63. The second kappa shape index (κ2) is 8.08. The highest BCUT2D eigenvalue weighted by Crippen LogP contribution is 2.24. The molecule has 0 aromatic heterocycles. The minimum absolute atomic E-state index is 0.0171. The van der Waals surface area contributed by atoms with E-state index in [1.807, 2.05) is 0 Å². The molecule has 1 fully saturated rings. The first kappa shape index (κ1) is 19.4. The fourth-order valence-electron chi connectivity index (χ4n) is 3.37. The predicted molar refractivity (Wildman–Crippen MR) is 103 cm³/mol. The smallest absolute Gasteiger partial charge is 0.261 e. The molecule has 0 radical (unpaired) electrons. The van der Waals surface area contributed by atoms with Crippen molar-refractivity contribution in [3.63, 3.8) is 0 Å².